The predicted molar refractivity (Wildman–Crippen MR) is 110 cm³/mol. The summed E-state index contributed by atoms with van der Waals surface area (Å²) in [5.74, 6) is -0.330. The van der Waals surface area contributed by atoms with Crippen molar-refractivity contribution in [2.24, 2.45) is 0 Å². The predicted octanol–water partition coefficient (Wildman–Crippen LogP) is 6.50. The van der Waals surface area contributed by atoms with Crippen molar-refractivity contribution in [1.82, 2.24) is 0 Å². The van der Waals surface area contributed by atoms with Crippen LogP contribution < -0.4 is 4.74 Å². The number of alkyl halides is 3. The summed E-state index contributed by atoms with van der Waals surface area (Å²) < 4.78 is 49.2. The van der Waals surface area contributed by atoms with Crippen molar-refractivity contribution < 1.29 is 27.4 Å². The van der Waals surface area contributed by atoms with E-state index in [1.165, 1.54) is 0 Å². The minimum Gasteiger partial charge on any atom is -0.482 e. The number of hydrogen-bond donors (Lipinski definition) is 0. The van der Waals surface area contributed by atoms with Gasteiger partial charge in [0.2, 0.25) is 0 Å². The average molecular weight is 441 g/mol. The van der Waals surface area contributed by atoms with Crippen LogP contribution in [-0.2, 0) is 21.4 Å². The third-order valence-electron chi connectivity index (χ3n) is 5.53. The average Bonchev–Trinajstić information content (AvgIpc) is 2.66. The molecular formula is C23H24ClF3O3. The molecule has 2 aromatic rings. The lowest BCUT2D eigenvalue weighted by molar-refractivity contribution is -0.154. The van der Waals surface area contributed by atoms with Crippen molar-refractivity contribution in [2.45, 2.75) is 51.1 Å². The van der Waals surface area contributed by atoms with E-state index in [-0.39, 0.29) is 23.3 Å². The minimum atomic E-state index is -4.50. The van der Waals surface area contributed by atoms with Gasteiger partial charge in [0, 0.05) is 5.56 Å². The molecule has 0 amide bonds. The molecule has 0 atom stereocenters. The Morgan fingerprint density at radius 3 is 2.33 bits per heavy atom. The SMILES string of the molecule is CCOC(=O)C1(c2cc(-c3ccccc3)c(OCC(F)(F)F)c(Cl)c2CC)CCC1. The van der Waals surface area contributed by atoms with Gasteiger partial charge in [0.05, 0.1) is 17.0 Å². The Kier molecular flexibility index (Phi) is 6.65. The van der Waals surface area contributed by atoms with E-state index >= 15 is 0 Å². The standard InChI is InChI=1S/C23H24ClF3O3/c1-3-16-18(22(11-8-12-22)21(28)29-4-2)13-17(15-9-6-5-7-10-15)20(19(16)24)30-14-23(25,26)27/h5-7,9-10,13H,3-4,8,11-12,14H2,1-2H3. The van der Waals surface area contributed by atoms with Gasteiger partial charge in [-0.15, -0.1) is 0 Å². The van der Waals surface area contributed by atoms with Gasteiger partial charge in [0.15, 0.2) is 6.61 Å². The Balaban J connectivity index is 2.22. The zero-order valence-electron chi connectivity index (χ0n) is 16.9. The van der Waals surface area contributed by atoms with E-state index in [4.69, 9.17) is 21.1 Å². The van der Waals surface area contributed by atoms with Crippen molar-refractivity contribution in [1.29, 1.82) is 0 Å². The number of carbonyl (C=O) groups excluding carboxylic acids is 1. The molecule has 0 aliphatic heterocycles. The lowest BCUT2D eigenvalue weighted by Gasteiger charge is -2.41. The normalized spacial score (nSPS) is 15.4. The van der Waals surface area contributed by atoms with Crippen LogP contribution >= 0.6 is 11.6 Å². The topological polar surface area (TPSA) is 35.5 Å². The van der Waals surface area contributed by atoms with Crippen LogP contribution in [0.4, 0.5) is 13.2 Å². The van der Waals surface area contributed by atoms with Crippen molar-refractivity contribution in [3.63, 3.8) is 0 Å². The third-order valence-corrected chi connectivity index (χ3v) is 5.93. The lowest BCUT2D eigenvalue weighted by Crippen LogP contribution is -2.44. The molecule has 3 nitrogen and oxygen atoms in total. The van der Waals surface area contributed by atoms with Crippen molar-refractivity contribution >= 4 is 17.6 Å². The second-order valence-electron chi connectivity index (χ2n) is 7.37. The first-order chi connectivity index (χ1) is 14.2. The van der Waals surface area contributed by atoms with Crippen LogP contribution in [0.2, 0.25) is 5.02 Å². The molecule has 0 saturated heterocycles. The number of benzene rings is 2. The molecule has 30 heavy (non-hydrogen) atoms. The number of ether oxygens (including phenoxy) is 2. The van der Waals surface area contributed by atoms with Crippen LogP contribution in [0.15, 0.2) is 36.4 Å². The second-order valence-corrected chi connectivity index (χ2v) is 7.75. The molecule has 1 aliphatic rings. The first-order valence-corrected chi connectivity index (χ1v) is 10.4. The van der Waals surface area contributed by atoms with Crippen molar-refractivity contribution in [2.75, 3.05) is 13.2 Å². The van der Waals surface area contributed by atoms with Crippen LogP contribution in [0.25, 0.3) is 11.1 Å². The molecule has 0 bridgehead atoms. The Hall–Kier alpha value is -2.21. The van der Waals surface area contributed by atoms with Gasteiger partial charge in [-0.05, 0) is 48.9 Å². The maximum absolute atomic E-state index is 12.9. The largest absolute Gasteiger partial charge is 0.482 e. The Morgan fingerprint density at radius 2 is 1.83 bits per heavy atom. The van der Waals surface area contributed by atoms with Crippen molar-refractivity contribution in [3.8, 4) is 16.9 Å². The quantitative estimate of drug-likeness (QED) is 0.461. The molecule has 1 saturated carbocycles. The molecule has 2 aromatic carbocycles. The van der Waals surface area contributed by atoms with E-state index in [0.717, 1.165) is 12.0 Å². The molecule has 0 spiro atoms. The minimum absolute atomic E-state index is 0.0147. The smallest absolute Gasteiger partial charge is 0.422 e. The van der Waals surface area contributed by atoms with Crippen LogP contribution in [0.1, 0.15) is 44.2 Å². The van der Waals surface area contributed by atoms with Gasteiger partial charge in [-0.25, -0.2) is 0 Å². The number of carbonyl (C=O) groups is 1. The van der Waals surface area contributed by atoms with Gasteiger partial charge in [-0.1, -0.05) is 55.3 Å². The molecule has 0 unspecified atom stereocenters. The van der Waals surface area contributed by atoms with E-state index in [9.17, 15) is 18.0 Å². The summed E-state index contributed by atoms with van der Waals surface area (Å²) in [5.41, 5.74) is 1.63. The second kappa shape index (κ2) is 8.88. The van der Waals surface area contributed by atoms with Crippen LogP contribution in [0.3, 0.4) is 0 Å². The number of hydrogen-bond acceptors (Lipinski definition) is 3. The zero-order valence-corrected chi connectivity index (χ0v) is 17.7. The van der Waals surface area contributed by atoms with E-state index in [2.05, 4.69) is 0 Å². The van der Waals surface area contributed by atoms with Crippen molar-refractivity contribution in [3.05, 3.63) is 52.5 Å². The monoisotopic (exact) mass is 440 g/mol. The molecule has 162 valence electrons. The Morgan fingerprint density at radius 1 is 1.17 bits per heavy atom. The van der Waals surface area contributed by atoms with Gasteiger partial charge in [0.1, 0.15) is 5.75 Å². The van der Waals surface area contributed by atoms with Gasteiger partial charge in [0.25, 0.3) is 0 Å². The zero-order chi connectivity index (χ0) is 21.9. The molecular weight excluding hydrogens is 417 g/mol. The summed E-state index contributed by atoms with van der Waals surface area (Å²) in [5, 5.41) is 0.119. The molecule has 1 aliphatic carbocycles. The summed E-state index contributed by atoms with van der Waals surface area (Å²) in [7, 11) is 0. The number of esters is 1. The van der Waals surface area contributed by atoms with Gasteiger partial charge >= 0.3 is 12.1 Å². The Labute approximate surface area is 179 Å². The number of rotatable bonds is 7. The van der Waals surface area contributed by atoms with E-state index < -0.39 is 18.2 Å². The van der Waals surface area contributed by atoms with E-state index in [0.29, 0.717) is 36.0 Å². The Bertz CT molecular complexity index is 906. The first kappa shape index (κ1) is 22.5. The maximum atomic E-state index is 12.9. The first-order valence-electron chi connectivity index (χ1n) is 10.0. The third kappa shape index (κ3) is 4.29. The molecule has 0 heterocycles. The molecule has 7 heteroatoms. The van der Waals surface area contributed by atoms with Gasteiger partial charge in [-0.3, -0.25) is 4.79 Å². The van der Waals surface area contributed by atoms with E-state index in [1.807, 2.05) is 13.0 Å². The highest BCUT2D eigenvalue weighted by Gasteiger charge is 2.49. The van der Waals surface area contributed by atoms with E-state index in [1.54, 1.807) is 37.3 Å². The summed E-state index contributed by atoms with van der Waals surface area (Å²) in [6.07, 6.45) is -1.94. The molecule has 3 rings (SSSR count). The summed E-state index contributed by atoms with van der Waals surface area (Å²) in [4.78, 5) is 12.9. The fraction of sp³-hybridized carbons (Fsp3) is 0.435. The summed E-state index contributed by atoms with van der Waals surface area (Å²) >= 11 is 6.62. The fourth-order valence-corrected chi connectivity index (χ4v) is 4.35. The molecule has 0 radical (unpaired) electrons. The highest BCUT2D eigenvalue weighted by molar-refractivity contribution is 6.33. The van der Waals surface area contributed by atoms with Gasteiger partial charge in [-0.2, -0.15) is 13.2 Å². The summed E-state index contributed by atoms with van der Waals surface area (Å²) in [6, 6.07) is 10.7. The molecule has 0 N–H and O–H groups in total. The van der Waals surface area contributed by atoms with Crippen LogP contribution in [-0.4, -0.2) is 25.4 Å². The summed E-state index contributed by atoms with van der Waals surface area (Å²) in [6.45, 7) is 2.42. The van der Waals surface area contributed by atoms with Gasteiger partial charge < -0.3 is 9.47 Å². The maximum Gasteiger partial charge on any atom is 0.422 e. The fourth-order valence-electron chi connectivity index (χ4n) is 3.95. The van der Waals surface area contributed by atoms with Crippen LogP contribution in [0.5, 0.6) is 5.75 Å². The highest BCUT2D eigenvalue weighted by Crippen LogP contribution is 2.51. The highest BCUT2D eigenvalue weighted by atomic mass is 35.5. The molecule has 1 fully saturated rings. The molecule has 0 aromatic heterocycles. The number of halogens is 4. The van der Waals surface area contributed by atoms with Crippen LogP contribution in [0, 0.1) is 0 Å². The lowest BCUT2D eigenvalue weighted by atomic mass is 9.62.